The van der Waals surface area contributed by atoms with Crippen LogP contribution in [0.5, 0.6) is 11.5 Å². The number of Topliss-reactive ketones (excluding diaryl/α,β-unsaturated/α-hetero) is 1. The summed E-state index contributed by atoms with van der Waals surface area (Å²) in [6.07, 6.45) is 0. The van der Waals surface area contributed by atoms with Gasteiger partial charge in [0, 0.05) is 12.1 Å². The Bertz CT molecular complexity index is 1170. The molecule has 1 aliphatic heterocycles. The molecule has 0 bridgehead atoms. The molecule has 3 aromatic rings. The lowest BCUT2D eigenvalue weighted by Crippen LogP contribution is -2.29. The quantitative estimate of drug-likeness (QED) is 0.359. The van der Waals surface area contributed by atoms with Crippen LogP contribution in [-0.2, 0) is 16.1 Å². The van der Waals surface area contributed by atoms with Crippen LogP contribution in [0, 0.1) is 0 Å². The minimum atomic E-state index is -0.782. The Morgan fingerprint density at radius 3 is 2.12 bits per heavy atom. The molecule has 6 heteroatoms. The van der Waals surface area contributed by atoms with Gasteiger partial charge in [0.2, 0.25) is 0 Å². The number of carbonyl (C=O) groups excluding carboxylic acids is 2. The van der Waals surface area contributed by atoms with Crippen molar-refractivity contribution in [3.63, 3.8) is 0 Å². The van der Waals surface area contributed by atoms with Gasteiger partial charge in [-0.25, -0.2) is 0 Å². The van der Waals surface area contributed by atoms with Crippen molar-refractivity contribution in [2.24, 2.45) is 0 Å². The summed E-state index contributed by atoms with van der Waals surface area (Å²) in [5, 5.41) is 11.1. The van der Waals surface area contributed by atoms with Gasteiger partial charge in [-0.1, -0.05) is 66.7 Å². The Hall–Kier alpha value is -4.06. The maximum absolute atomic E-state index is 13.1. The molecule has 3 aromatic carbocycles. The number of carbonyl (C=O) groups is 2. The highest BCUT2D eigenvalue weighted by atomic mass is 16.5. The highest BCUT2D eigenvalue weighted by Gasteiger charge is 2.46. The molecule has 1 amide bonds. The van der Waals surface area contributed by atoms with Crippen LogP contribution >= 0.6 is 0 Å². The van der Waals surface area contributed by atoms with E-state index < -0.39 is 17.7 Å². The molecule has 0 aromatic heterocycles. The average molecular weight is 429 g/mol. The lowest BCUT2D eigenvalue weighted by Gasteiger charge is -2.26. The third kappa shape index (κ3) is 3.83. The number of aliphatic hydroxyl groups is 1. The predicted octanol–water partition coefficient (Wildman–Crippen LogP) is 4.33. The molecule has 1 heterocycles. The Balaban J connectivity index is 1.89. The fraction of sp³-hybridized carbons (Fsp3) is 0.154. The zero-order chi connectivity index (χ0) is 22.7. The fourth-order valence-electron chi connectivity index (χ4n) is 3.94. The van der Waals surface area contributed by atoms with Crippen molar-refractivity contribution in [2.75, 3.05) is 14.2 Å². The van der Waals surface area contributed by atoms with E-state index in [0.29, 0.717) is 22.6 Å². The molecule has 1 N–H and O–H groups in total. The molecule has 1 atom stereocenters. The van der Waals surface area contributed by atoms with E-state index in [1.807, 2.05) is 36.4 Å². The third-order valence-electron chi connectivity index (χ3n) is 5.51. The molecule has 162 valence electrons. The highest BCUT2D eigenvalue weighted by molar-refractivity contribution is 6.46. The highest BCUT2D eigenvalue weighted by Crippen LogP contribution is 2.42. The summed E-state index contributed by atoms with van der Waals surface area (Å²) >= 11 is 0. The van der Waals surface area contributed by atoms with Crippen LogP contribution < -0.4 is 9.47 Å². The van der Waals surface area contributed by atoms with Crippen molar-refractivity contribution in [3.05, 3.63) is 101 Å². The largest absolute Gasteiger partial charge is 0.507 e. The first-order chi connectivity index (χ1) is 15.5. The van der Waals surface area contributed by atoms with Crippen LogP contribution in [0.3, 0.4) is 0 Å². The number of hydrogen-bond donors (Lipinski definition) is 1. The van der Waals surface area contributed by atoms with Gasteiger partial charge in [0.05, 0.1) is 25.8 Å². The predicted molar refractivity (Wildman–Crippen MR) is 120 cm³/mol. The van der Waals surface area contributed by atoms with Gasteiger partial charge in [-0.2, -0.15) is 0 Å². The van der Waals surface area contributed by atoms with Gasteiger partial charge in [0.1, 0.15) is 5.76 Å². The van der Waals surface area contributed by atoms with Gasteiger partial charge in [-0.05, 0) is 23.3 Å². The molecule has 0 radical (unpaired) electrons. The second kappa shape index (κ2) is 8.98. The summed E-state index contributed by atoms with van der Waals surface area (Å²) in [6, 6.07) is 22.6. The average Bonchev–Trinajstić information content (AvgIpc) is 3.09. The standard InChI is InChI=1S/C26H23NO5/c1-31-20-14-13-19(15-21(20)32-2)23-22(24(28)18-11-7-4-8-12-18)25(29)26(30)27(23)16-17-9-5-3-6-10-17/h3-15,23,28H,16H2,1-2H3/t23-/m0/s1. The number of likely N-dealkylation sites (tertiary alicyclic amines) is 1. The minimum Gasteiger partial charge on any atom is -0.507 e. The second-order valence-electron chi connectivity index (χ2n) is 7.39. The van der Waals surface area contributed by atoms with E-state index in [1.54, 1.807) is 42.5 Å². The molecular weight excluding hydrogens is 406 g/mol. The molecule has 6 nitrogen and oxygen atoms in total. The number of aliphatic hydroxyl groups excluding tert-OH is 1. The zero-order valence-electron chi connectivity index (χ0n) is 17.8. The number of benzene rings is 3. The van der Waals surface area contributed by atoms with Crippen molar-refractivity contribution in [3.8, 4) is 11.5 Å². The smallest absolute Gasteiger partial charge is 0.295 e. The van der Waals surface area contributed by atoms with E-state index in [2.05, 4.69) is 0 Å². The molecular formula is C26H23NO5. The summed E-state index contributed by atoms with van der Waals surface area (Å²) < 4.78 is 10.8. The Morgan fingerprint density at radius 2 is 1.50 bits per heavy atom. The van der Waals surface area contributed by atoms with Crippen LogP contribution in [0.2, 0.25) is 0 Å². The number of nitrogens with zero attached hydrogens (tertiary/aromatic N) is 1. The first kappa shape index (κ1) is 21.2. The topological polar surface area (TPSA) is 76.1 Å². The number of ether oxygens (including phenoxy) is 2. The van der Waals surface area contributed by atoms with E-state index in [-0.39, 0.29) is 17.9 Å². The van der Waals surface area contributed by atoms with Crippen LogP contribution in [0.25, 0.3) is 5.76 Å². The molecule has 0 saturated carbocycles. The van der Waals surface area contributed by atoms with Gasteiger partial charge in [0.15, 0.2) is 11.5 Å². The van der Waals surface area contributed by atoms with Gasteiger partial charge in [-0.3, -0.25) is 9.59 Å². The van der Waals surface area contributed by atoms with Crippen LogP contribution in [0.1, 0.15) is 22.7 Å². The Labute approximate surface area is 186 Å². The van der Waals surface area contributed by atoms with Crippen molar-refractivity contribution in [2.45, 2.75) is 12.6 Å². The number of amides is 1. The molecule has 1 fully saturated rings. The summed E-state index contributed by atoms with van der Waals surface area (Å²) in [5.41, 5.74) is 2.02. The van der Waals surface area contributed by atoms with Gasteiger partial charge in [-0.15, -0.1) is 0 Å². The molecule has 4 rings (SSSR count). The minimum absolute atomic E-state index is 0.0457. The monoisotopic (exact) mass is 429 g/mol. The number of rotatable bonds is 6. The number of ketones is 1. The molecule has 0 unspecified atom stereocenters. The van der Waals surface area contributed by atoms with E-state index in [9.17, 15) is 14.7 Å². The molecule has 0 spiro atoms. The second-order valence-corrected chi connectivity index (χ2v) is 7.39. The SMILES string of the molecule is COc1ccc([C@H]2C(=C(O)c3ccccc3)C(=O)C(=O)N2Cc2ccccc2)cc1OC. The van der Waals surface area contributed by atoms with Gasteiger partial charge in [0.25, 0.3) is 11.7 Å². The van der Waals surface area contributed by atoms with Crippen LogP contribution in [0.15, 0.2) is 84.4 Å². The third-order valence-corrected chi connectivity index (χ3v) is 5.51. The summed E-state index contributed by atoms with van der Waals surface area (Å²) in [4.78, 5) is 27.7. The fourth-order valence-corrected chi connectivity index (χ4v) is 3.94. The first-order valence-corrected chi connectivity index (χ1v) is 10.1. The van der Waals surface area contributed by atoms with E-state index in [0.717, 1.165) is 5.56 Å². The maximum Gasteiger partial charge on any atom is 0.295 e. The summed E-state index contributed by atoms with van der Waals surface area (Å²) in [7, 11) is 3.06. The van der Waals surface area contributed by atoms with E-state index in [4.69, 9.17) is 9.47 Å². The first-order valence-electron chi connectivity index (χ1n) is 10.1. The van der Waals surface area contributed by atoms with Gasteiger partial charge < -0.3 is 19.5 Å². The zero-order valence-corrected chi connectivity index (χ0v) is 17.8. The lowest BCUT2D eigenvalue weighted by atomic mass is 9.95. The molecule has 0 aliphatic carbocycles. The van der Waals surface area contributed by atoms with Crippen molar-refractivity contribution in [1.29, 1.82) is 0 Å². The molecule has 32 heavy (non-hydrogen) atoms. The maximum atomic E-state index is 13.1. The molecule has 1 aliphatic rings. The Kier molecular flexibility index (Phi) is 5.94. The lowest BCUT2D eigenvalue weighted by molar-refractivity contribution is -0.140. The molecule has 1 saturated heterocycles. The van der Waals surface area contributed by atoms with Crippen LogP contribution in [0.4, 0.5) is 0 Å². The van der Waals surface area contributed by atoms with Crippen molar-refractivity contribution in [1.82, 2.24) is 4.90 Å². The van der Waals surface area contributed by atoms with Crippen molar-refractivity contribution >= 4 is 17.4 Å². The summed E-state index contributed by atoms with van der Waals surface area (Å²) in [6.45, 7) is 0.218. The summed E-state index contributed by atoms with van der Waals surface area (Å²) in [5.74, 6) is -0.596. The normalized spacial score (nSPS) is 17.4. The van der Waals surface area contributed by atoms with E-state index >= 15 is 0 Å². The Morgan fingerprint density at radius 1 is 0.875 bits per heavy atom. The van der Waals surface area contributed by atoms with Gasteiger partial charge >= 0.3 is 0 Å². The number of methoxy groups -OCH3 is 2. The van der Waals surface area contributed by atoms with Crippen molar-refractivity contribution < 1.29 is 24.2 Å². The van der Waals surface area contributed by atoms with E-state index in [1.165, 1.54) is 19.1 Å². The van der Waals surface area contributed by atoms with Crippen LogP contribution in [-0.4, -0.2) is 35.9 Å². The number of hydrogen-bond acceptors (Lipinski definition) is 5.